The number of hydrogen-bond acceptors (Lipinski definition) is 4. The molecule has 1 aromatic rings. The molecule has 1 rings (SSSR count). The molecule has 1 N–H and O–H groups in total. The molecule has 0 bridgehead atoms. The molecule has 0 saturated carbocycles. The predicted molar refractivity (Wildman–Crippen MR) is 76.1 cm³/mol. The van der Waals surface area contributed by atoms with Crippen LogP contribution >= 0.6 is 0 Å². The fraction of sp³-hybridized carbons (Fsp3) is 0.643. The van der Waals surface area contributed by atoms with E-state index < -0.39 is 0 Å². The second-order valence-corrected chi connectivity index (χ2v) is 5.30. The molecule has 0 fully saturated rings. The molecule has 4 heteroatoms. The van der Waals surface area contributed by atoms with Crippen molar-refractivity contribution >= 4 is 5.82 Å². The van der Waals surface area contributed by atoms with Gasteiger partial charge >= 0.3 is 0 Å². The van der Waals surface area contributed by atoms with Gasteiger partial charge in [0.25, 0.3) is 0 Å². The first kappa shape index (κ1) is 14.9. The molecule has 0 saturated heterocycles. The van der Waals surface area contributed by atoms with Gasteiger partial charge in [-0.15, -0.1) is 0 Å². The third-order valence-corrected chi connectivity index (χ3v) is 2.94. The number of nitrogens with zero attached hydrogens (tertiary/aromatic N) is 3. The number of hydrogen-bond donors (Lipinski definition) is 1. The summed E-state index contributed by atoms with van der Waals surface area (Å²) in [5, 5.41) is 9.31. The maximum Gasteiger partial charge on any atom is 0.128 e. The Morgan fingerprint density at radius 3 is 2.33 bits per heavy atom. The van der Waals surface area contributed by atoms with Crippen LogP contribution in [0.4, 0.5) is 5.82 Å². The van der Waals surface area contributed by atoms with E-state index in [1.807, 2.05) is 19.2 Å². The standard InChI is InChI=1S/C14H25N3O/c1-11(2)13-8-12(10-18)9-14(15-13)17(5)7-6-16(3)4/h8-9,11,18H,6-7,10H2,1-5H3. The minimum atomic E-state index is 0.0662. The molecule has 0 spiro atoms. The van der Waals surface area contributed by atoms with Crippen LogP contribution in [0.25, 0.3) is 0 Å². The van der Waals surface area contributed by atoms with E-state index in [0.717, 1.165) is 30.2 Å². The first-order valence-electron chi connectivity index (χ1n) is 6.41. The normalized spacial score (nSPS) is 11.3. The molecule has 0 aromatic carbocycles. The molecule has 102 valence electrons. The number of pyridine rings is 1. The lowest BCUT2D eigenvalue weighted by molar-refractivity contribution is 0.281. The van der Waals surface area contributed by atoms with Gasteiger partial charge in [-0.3, -0.25) is 0 Å². The highest BCUT2D eigenvalue weighted by atomic mass is 16.3. The summed E-state index contributed by atoms with van der Waals surface area (Å²) in [6, 6.07) is 3.94. The van der Waals surface area contributed by atoms with Gasteiger partial charge in [-0.2, -0.15) is 0 Å². The summed E-state index contributed by atoms with van der Waals surface area (Å²) < 4.78 is 0. The average molecular weight is 251 g/mol. The van der Waals surface area contributed by atoms with E-state index in [9.17, 15) is 5.11 Å². The topological polar surface area (TPSA) is 39.6 Å². The fourth-order valence-corrected chi connectivity index (χ4v) is 1.64. The van der Waals surface area contributed by atoms with Crippen molar-refractivity contribution in [2.24, 2.45) is 0 Å². The number of aromatic nitrogens is 1. The molecule has 1 heterocycles. The number of likely N-dealkylation sites (N-methyl/N-ethyl adjacent to an activating group) is 2. The summed E-state index contributed by atoms with van der Waals surface area (Å²) in [7, 11) is 6.16. The zero-order chi connectivity index (χ0) is 13.7. The Hall–Kier alpha value is -1.13. The van der Waals surface area contributed by atoms with Gasteiger partial charge in [-0.05, 0) is 37.7 Å². The number of aliphatic hydroxyl groups excluding tert-OH is 1. The minimum absolute atomic E-state index is 0.0662. The maximum atomic E-state index is 9.31. The van der Waals surface area contributed by atoms with Crippen molar-refractivity contribution in [1.29, 1.82) is 0 Å². The lowest BCUT2D eigenvalue weighted by atomic mass is 10.1. The Kier molecular flexibility index (Phi) is 5.56. The number of rotatable bonds is 6. The SMILES string of the molecule is CC(C)c1cc(CO)cc(N(C)CCN(C)C)n1. The van der Waals surface area contributed by atoms with Gasteiger partial charge in [0.15, 0.2) is 0 Å². The molecule has 18 heavy (non-hydrogen) atoms. The molecular formula is C14H25N3O. The Bertz CT molecular complexity index is 377. The minimum Gasteiger partial charge on any atom is -0.392 e. The van der Waals surface area contributed by atoms with Crippen molar-refractivity contribution in [2.45, 2.75) is 26.4 Å². The third-order valence-electron chi connectivity index (χ3n) is 2.94. The van der Waals surface area contributed by atoms with Gasteiger partial charge in [-0.25, -0.2) is 4.98 Å². The van der Waals surface area contributed by atoms with Crippen LogP contribution in [-0.2, 0) is 6.61 Å². The fourth-order valence-electron chi connectivity index (χ4n) is 1.64. The van der Waals surface area contributed by atoms with E-state index in [0.29, 0.717) is 5.92 Å². The lowest BCUT2D eigenvalue weighted by Crippen LogP contribution is -2.29. The molecule has 4 nitrogen and oxygen atoms in total. The summed E-state index contributed by atoms with van der Waals surface area (Å²) in [4.78, 5) is 8.93. The Labute approximate surface area is 110 Å². The highest BCUT2D eigenvalue weighted by molar-refractivity contribution is 5.42. The maximum absolute atomic E-state index is 9.31. The molecule has 0 aliphatic carbocycles. The van der Waals surface area contributed by atoms with Crippen molar-refractivity contribution in [2.75, 3.05) is 39.1 Å². The molecule has 0 aliphatic rings. The molecular weight excluding hydrogens is 226 g/mol. The van der Waals surface area contributed by atoms with Gasteiger partial charge in [0.1, 0.15) is 5.82 Å². The van der Waals surface area contributed by atoms with E-state index in [1.54, 1.807) is 0 Å². The average Bonchev–Trinajstić information content (AvgIpc) is 2.35. The highest BCUT2D eigenvalue weighted by Gasteiger charge is 2.09. The first-order valence-corrected chi connectivity index (χ1v) is 6.41. The van der Waals surface area contributed by atoms with E-state index in [4.69, 9.17) is 0 Å². The summed E-state index contributed by atoms with van der Waals surface area (Å²) in [6.45, 7) is 6.21. The number of aliphatic hydroxyl groups is 1. The zero-order valence-electron chi connectivity index (χ0n) is 12.1. The first-order chi connectivity index (χ1) is 8.43. The second kappa shape index (κ2) is 6.71. The van der Waals surface area contributed by atoms with Crippen molar-refractivity contribution in [3.05, 3.63) is 23.4 Å². The lowest BCUT2D eigenvalue weighted by Gasteiger charge is -2.22. The molecule has 0 unspecified atom stereocenters. The van der Waals surface area contributed by atoms with E-state index in [1.165, 1.54) is 0 Å². The predicted octanol–water partition coefficient (Wildman–Crippen LogP) is 1.70. The van der Waals surface area contributed by atoms with Crippen LogP contribution < -0.4 is 4.90 Å². The third kappa shape index (κ3) is 4.27. The zero-order valence-corrected chi connectivity index (χ0v) is 12.1. The highest BCUT2D eigenvalue weighted by Crippen LogP contribution is 2.19. The smallest absolute Gasteiger partial charge is 0.128 e. The van der Waals surface area contributed by atoms with Crippen molar-refractivity contribution in [3.8, 4) is 0 Å². The van der Waals surface area contributed by atoms with Crippen molar-refractivity contribution in [3.63, 3.8) is 0 Å². The Morgan fingerprint density at radius 2 is 1.83 bits per heavy atom. The van der Waals surface area contributed by atoms with Gasteiger partial charge in [0, 0.05) is 25.8 Å². The summed E-state index contributed by atoms with van der Waals surface area (Å²) >= 11 is 0. The monoisotopic (exact) mass is 251 g/mol. The Balaban J connectivity index is 2.89. The van der Waals surface area contributed by atoms with Gasteiger partial charge < -0.3 is 14.9 Å². The van der Waals surface area contributed by atoms with Crippen LogP contribution in [-0.4, -0.2) is 49.2 Å². The van der Waals surface area contributed by atoms with Crippen molar-refractivity contribution in [1.82, 2.24) is 9.88 Å². The summed E-state index contributed by atoms with van der Waals surface area (Å²) in [5.41, 5.74) is 1.97. The van der Waals surface area contributed by atoms with Crippen molar-refractivity contribution < 1.29 is 5.11 Å². The van der Waals surface area contributed by atoms with Crippen LogP contribution in [0.15, 0.2) is 12.1 Å². The second-order valence-electron chi connectivity index (χ2n) is 5.30. The van der Waals surface area contributed by atoms with E-state index in [-0.39, 0.29) is 6.61 Å². The molecule has 0 aliphatic heterocycles. The van der Waals surface area contributed by atoms with Crippen LogP contribution in [0.2, 0.25) is 0 Å². The van der Waals surface area contributed by atoms with Crippen LogP contribution in [0, 0.1) is 0 Å². The summed E-state index contributed by atoms with van der Waals surface area (Å²) in [5.74, 6) is 1.31. The number of anilines is 1. The molecule has 0 radical (unpaired) electrons. The molecule has 0 atom stereocenters. The largest absolute Gasteiger partial charge is 0.392 e. The van der Waals surface area contributed by atoms with Gasteiger partial charge in [0.2, 0.25) is 0 Å². The van der Waals surface area contributed by atoms with Crippen LogP contribution in [0.1, 0.15) is 31.0 Å². The van der Waals surface area contributed by atoms with E-state index >= 15 is 0 Å². The van der Waals surface area contributed by atoms with Gasteiger partial charge in [0.05, 0.1) is 6.61 Å². The van der Waals surface area contributed by atoms with E-state index in [2.05, 4.69) is 42.7 Å². The molecule has 1 aromatic heterocycles. The van der Waals surface area contributed by atoms with Gasteiger partial charge in [-0.1, -0.05) is 13.8 Å². The van der Waals surface area contributed by atoms with Crippen LogP contribution in [0.3, 0.4) is 0 Å². The van der Waals surface area contributed by atoms with Crippen LogP contribution in [0.5, 0.6) is 0 Å². The molecule has 0 amide bonds. The Morgan fingerprint density at radius 1 is 1.17 bits per heavy atom. The quantitative estimate of drug-likeness (QED) is 0.835. The summed E-state index contributed by atoms with van der Waals surface area (Å²) in [6.07, 6.45) is 0.